The number of ether oxygens (including phenoxy) is 2. The zero-order chi connectivity index (χ0) is 7.61. The molecule has 0 aromatic rings. The molecule has 10 heavy (non-hydrogen) atoms. The molecule has 1 aliphatic rings. The Morgan fingerprint density at radius 1 is 1.40 bits per heavy atom. The highest BCUT2D eigenvalue weighted by Crippen LogP contribution is 2.11. The van der Waals surface area contributed by atoms with Gasteiger partial charge in [0.2, 0.25) is 0 Å². The first kappa shape index (κ1) is 7.69. The molecule has 1 rings (SSSR count). The van der Waals surface area contributed by atoms with Gasteiger partial charge in [0.15, 0.2) is 5.78 Å². The third-order valence-electron chi connectivity index (χ3n) is 1.34. The van der Waals surface area contributed by atoms with Crippen LogP contribution in [0.3, 0.4) is 0 Å². The molecule has 0 spiro atoms. The molecular formula is C7H12O3. The lowest BCUT2D eigenvalue weighted by Crippen LogP contribution is -2.28. The van der Waals surface area contributed by atoms with Gasteiger partial charge in [0.05, 0.1) is 12.2 Å². The molecule has 58 valence electrons. The standard InChI is InChI=1S/C7H12O3/c1-7(2)5-9-3-6(8)4-10-7/h3-5H2,1-2H3. The zero-order valence-corrected chi connectivity index (χ0v) is 6.35. The Labute approximate surface area is 60.3 Å². The van der Waals surface area contributed by atoms with Crippen molar-refractivity contribution >= 4 is 5.78 Å². The minimum atomic E-state index is -0.299. The van der Waals surface area contributed by atoms with E-state index in [0.717, 1.165) is 0 Å². The van der Waals surface area contributed by atoms with E-state index in [1.807, 2.05) is 13.8 Å². The van der Waals surface area contributed by atoms with Crippen LogP contribution in [0.5, 0.6) is 0 Å². The van der Waals surface area contributed by atoms with Gasteiger partial charge in [0, 0.05) is 0 Å². The second kappa shape index (κ2) is 2.68. The highest BCUT2D eigenvalue weighted by Gasteiger charge is 2.23. The molecule has 0 amide bonds. The molecule has 3 heteroatoms. The van der Waals surface area contributed by atoms with Crippen molar-refractivity contribution in [2.75, 3.05) is 19.8 Å². The summed E-state index contributed by atoms with van der Waals surface area (Å²) in [5.41, 5.74) is -0.299. The van der Waals surface area contributed by atoms with Crippen molar-refractivity contribution in [3.05, 3.63) is 0 Å². The Morgan fingerprint density at radius 3 is 2.80 bits per heavy atom. The molecule has 1 fully saturated rings. The number of carbonyl (C=O) groups excluding carboxylic acids is 1. The van der Waals surface area contributed by atoms with Crippen LogP contribution in [-0.2, 0) is 14.3 Å². The minimum Gasteiger partial charge on any atom is -0.371 e. The van der Waals surface area contributed by atoms with Gasteiger partial charge in [-0.05, 0) is 13.8 Å². The molecule has 0 atom stereocenters. The van der Waals surface area contributed by atoms with Gasteiger partial charge >= 0.3 is 0 Å². The van der Waals surface area contributed by atoms with E-state index in [4.69, 9.17) is 9.47 Å². The van der Waals surface area contributed by atoms with Crippen LogP contribution in [0.2, 0.25) is 0 Å². The summed E-state index contributed by atoms with van der Waals surface area (Å²) in [6.07, 6.45) is 0. The van der Waals surface area contributed by atoms with E-state index in [0.29, 0.717) is 6.61 Å². The Hall–Kier alpha value is -0.410. The molecular weight excluding hydrogens is 132 g/mol. The third kappa shape index (κ3) is 2.08. The predicted molar refractivity (Wildman–Crippen MR) is 35.9 cm³/mol. The number of ketones is 1. The van der Waals surface area contributed by atoms with Crippen molar-refractivity contribution in [3.63, 3.8) is 0 Å². The highest BCUT2D eigenvalue weighted by molar-refractivity contribution is 5.81. The third-order valence-corrected chi connectivity index (χ3v) is 1.34. The van der Waals surface area contributed by atoms with Crippen LogP contribution >= 0.6 is 0 Å². The monoisotopic (exact) mass is 144 g/mol. The smallest absolute Gasteiger partial charge is 0.184 e. The van der Waals surface area contributed by atoms with E-state index < -0.39 is 0 Å². The first-order chi connectivity index (χ1) is 4.60. The lowest BCUT2D eigenvalue weighted by Gasteiger charge is -2.20. The van der Waals surface area contributed by atoms with E-state index in [9.17, 15) is 4.79 Å². The summed E-state index contributed by atoms with van der Waals surface area (Å²) >= 11 is 0. The molecule has 0 aromatic heterocycles. The highest BCUT2D eigenvalue weighted by atomic mass is 16.6. The first-order valence-electron chi connectivity index (χ1n) is 3.33. The number of hydrogen-bond acceptors (Lipinski definition) is 3. The van der Waals surface area contributed by atoms with Crippen molar-refractivity contribution in [2.45, 2.75) is 19.4 Å². The molecule has 0 N–H and O–H groups in total. The van der Waals surface area contributed by atoms with E-state index in [2.05, 4.69) is 0 Å². The van der Waals surface area contributed by atoms with Gasteiger partial charge in [0.25, 0.3) is 0 Å². The van der Waals surface area contributed by atoms with E-state index >= 15 is 0 Å². The number of Topliss-reactive ketones (excluding diaryl/α,β-unsaturated/α-hetero) is 1. The molecule has 1 aliphatic heterocycles. The molecule has 1 saturated heterocycles. The maximum atomic E-state index is 10.7. The summed E-state index contributed by atoms with van der Waals surface area (Å²) < 4.78 is 10.3. The fourth-order valence-corrected chi connectivity index (χ4v) is 0.770. The van der Waals surface area contributed by atoms with E-state index in [-0.39, 0.29) is 24.6 Å². The SMILES string of the molecule is CC1(C)COCC(=O)CO1. The average Bonchev–Trinajstić information content (AvgIpc) is 1.94. The Kier molecular flexibility index (Phi) is 2.06. The van der Waals surface area contributed by atoms with Gasteiger partial charge in [-0.25, -0.2) is 0 Å². The minimum absolute atomic E-state index is 0.0191. The maximum Gasteiger partial charge on any atom is 0.184 e. The summed E-state index contributed by atoms with van der Waals surface area (Å²) in [5, 5.41) is 0. The quantitative estimate of drug-likeness (QED) is 0.493. The summed E-state index contributed by atoms with van der Waals surface area (Å²) in [7, 11) is 0. The number of carbonyl (C=O) groups is 1. The molecule has 3 nitrogen and oxygen atoms in total. The fourth-order valence-electron chi connectivity index (χ4n) is 0.770. The van der Waals surface area contributed by atoms with Crippen LogP contribution in [0.4, 0.5) is 0 Å². The largest absolute Gasteiger partial charge is 0.371 e. The second-order valence-corrected chi connectivity index (χ2v) is 3.08. The van der Waals surface area contributed by atoms with Crippen LogP contribution in [0.25, 0.3) is 0 Å². The number of hydrogen-bond donors (Lipinski definition) is 0. The fraction of sp³-hybridized carbons (Fsp3) is 0.857. The topological polar surface area (TPSA) is 35.5 Å². The average molecular weight is 144 g/mol. The summed E-state index contributed by atoms with van der Waals surface area (Å²) in [5.74, 6) is 0.0191. The first-order valence-corrected chi connectivity index (χ1v) is 3.33. The lowest BCUT2D eigenvalue weighted by molar-refractivity contribution is -0.125. The lowest BCUT2D eigenvalue weighted by atomic mass is 10.1. The van der Waals surface area contributed by atoms with Gasteiger partial charge in [-0.1, -0.05) is 0 Å². The molecule has 0 radical (unpaired) electrons. The van der Waals surface area contributed by atoms with Crippen molar-refractivity contribution in [1.82, 2.24) is 0 Å². The molecule has 0 bridgehead atoms. The molecule has 0 saturated carbocycles. The van der Waals surface area contributed by atoms with Crippen LogP contribution in [0, 0.1) is 0 Å². The van der Waals surface area contributed by atoms with Crippen molar-refractivity contribution in [3.8, 4) is 0 Å². The Bertz CT molecular complexity index is 140. The van der Waals surface area contributed by atoms with Gasteiger partial charge in [0.1, 0.15) is 13.2 Å². The van der Waals surface area contributed by atoms with Gasteiger partial charge in [-0.2, -0.15) is 0 Å². The molecule has 0 unspecified atom stereocenters. The van der Waals surface area contributed by atoms with Crippen LogP contribution < -0.4 is 0 Å². The molecule has 0 aromatic carbocycles. The Balaban J connectivity index is 2.48. The molecule has 1 heterocycles. The van der Waals surface area contributed by atoms with Crippen LogP contribution in [0.1, 0.15) is 13.8 Å². The van der Waals surface area contributed by atoms with Gasteiger partial charge in [-0.15, -0.1) is 0 Å². The van der Waals surface area contributed by atoms with E-state index in [1.54, 1.807) is 0 Å². The maximum absolute atomic E-state index is 10.7. The second-order valence-electron chi connectivity index (χ2n) is 3.08. The predicted octanol–water partition coefficient (Wildman–Crippen LogP) is 0.381. The normalized spacial score (nSPS) is 26.0. The summed E-state index contributed by atoms with van der Waals surface area (Å²) in [4.78, 5) is 10.7. The summed E-state index contributed by atoms with van der Waals surface area (Å²) in [6.45, 7) is 4.70. The number of rotatable bonds is 0. The summed E-state index contributed by atoms with van der Waals surface area (Å²) in [6, 6.07) is 0. The van der Waals surface area contributed by atoms with Crippen LogP contribution in [0.15, 0.2) is 0 Å². The van der Waals surface area contributed by atoms with Crippen molar-refractivity contribution in [2.24, 2.45) is 0 Å². The zero-order valence-electron chi connectivity index (χ0n) is 6.35. The van der Waals surface area contributed by atoms with Crippen molar-refractivity contribution in [1.29, 1.82) is 0 Å². The van der Waals surface area contributed by atoms with Gasteiger partial charge < -0.3 is 9.47 Å². The van der Waals surface area contributed by atoms with Crippen LogP contribution in [-0.4, -0.2) is 31.2 Å². The Morgan fingerprint density at radius 2 is 2.10 bits per heavy atom. The molecule has 0 aliphatic carbocycles. The van der Waals surface area contributed by atoms with E-state index in [1.165, 1.54) is 0 Å². The van der Waals surface area contributed by atoms with Gasteiger partial charge in [-0.3, -0.25) is 4.79 Å². The van der Waals surface area contributed by atoms with Crippen molar-refractivity contribution < 1.29 is 14.3 Å².